The molecule has 0 aliphatic carbocycles. The van der Waals surface area contributed by atoms with Gasteiger partial charge in [-0.1, -0.05) is 26.8 Å². The van der Waals surface area contributed by atoms with Crippen LogP contribution < -0.4 is 4.90 Å². The Morgan fingerprint density at radius 3 is 2.63 bits per heavy atom. The smallest absolute Gasteiger partial charge is 0.205 e. The maximum absolute atomic E-state index is 10.1. The van der Waals surface area contributed by atoms with Crippen molar-refractivity contribution in [2.75, 3.05) is 13.2 Å². The van der Waals surface area contributed by atoms with Gasteiger partial charge in [-0.3, -0.25) is 4.90 Å². The molecule has 0 fully saturated rings. The van der Waals surface area contributed by atoms with Gasteiger partial charge in [0, 0.05) is 5.92 Å². The molecule has 1 unspecified atom stereocenters. The van der Waals surface area contributed by atoms with Crippen LogP contribution in [-0.4, -0.2) is 30.1 Å². The minimum absolute atomic E-state index is 0.183. The molecule has 2 N–H and O–H groups in total. The number of aliphatic hydroxyl groups is 1. The zero-order valence-corrected chi connectivity index (χ0v) is 12.9. The molecule has 0 amide bonds. The van der Waals surface area contributed by atoms with E-state index in [0.717, 1.165) is 26.1 Å². The number of azo groups is 1. The molecule has 3 atom stereocenters. The van der Waals surface area contributed by atoms with E-state index in [2.05, 4.69) is 30.7 Å². The van der Waals surface area contributed by atoms with E-state index >= 15 is 0 Å². The van der Waals surface area contributed by atoms with Crippen LogP contribution in [0.15, 0.2) is 22.9 Å². The number of hydrogen-bond donors (Lipinski definition) is 2. The van der Waals surface area contributed by atoms with Crippen LogP contribution in [0.5, 0.6) is 0 Å². The molecule has 1 heterocycles. The number of nitrogens with zero attached hydrogens (tertiary/aromatic N) is 2. The van der Waals surface area contributed by atoms with E-state index in [1.807, 2.05) is 19.9 Å². The molecule has 4 nitrogen and oxygen atoms in total. The van der Waals surface area contributed by atoms with Gasteiger partial charge in [-0.25, -0.2) is 0 Å². The highest BCUT2D eigenvalue weighted by Crippen LogP contribution is 2.26. The van der Waals surface area contributed by atoms with Crippen LogP contribution in [0.2, 0.25) is 0 Å². The molecule has 1 rings (SSSR count). The van der Waals surface area contributed by atoms with E-state index in [1.165, 1.54) is 11.3 Å². The number of rotatable bonds is 8. The lowest BCUT2D eigenvalue weighted by molar-refractivity contribution is -0.913. The Hall–Kier alpha value is -0.740. The van der Waals surface area contributed by atoms with E-state index in [9.17, 15) is 5.11 Å². The maximum atomic E-state index is 10.1. The standard InChI is InChI=1S/C15H29N3O/c1-6-9-18-11-16-17-14(18)13(8-7-12(2)3)10-15(4,5)19/h6,12-14,19H,1,7-11H2,2-5H3/p+1/t13-,14-/m1/s1. The van der Waals surface area contributed by atoms with Crippen LogP contribution in [0.4, 0.5) is 0 Å². The first-order chi connectivity index (χ1) is 8.83. The molecule has 4 heteroatoms. The zero-order valence-electron chi connectivity index (χ0n) is 12.9. The second kappa shape index (κ2) is 7.15. The van der Waals surface area contributed by atoms with Gasteiger partial charge >= 0.3 is 0 Å². The van der Waals surface area contributed by atoms with Crippen molar-refractivity contribution in [3.63, 3.8) is 0 Å². The van der Waals surface area contributed by atoms with Crippen molar-refractivity contribution < 1.29 is 10.0 Å². The van der Waals surface area contributed by atoms with Crippen LogP contribution in [0.1, 0.15) is 47.0 Å². The van der Waals surface area contributed by atoms with Gasteiger partial charge in [0.15, 0.2) is 6.67 Å². The Labute approximate surface area is 117 Å². The summed E-state index contributed by atoms with van der Waals surface area (Å²) in [6.45, 7) is 13.7. The Kier molecular flexibility index (Phi) is 6.14. The Morgan fingerprint density at radius 1 is 1.42 bits per heavy atom. The highest BCUT2D eigenvalue weighted by atomic mass is 16.3. The van der Waals surface area contributed by atoms with Gasteiger partial charge in [0.1, 0.15) is 0 Å². The Balaban J connectivity index is 2.70. The first-order valence-corrected chi connectivity index (χ1v) is 7.38. The molecule has 0 saturated carbocycles. The zero-order chi connectivity index (χ0) is 14.5. The molecule has 1 aliphatic heterocycles. The van der Waals surface area contributed by atoms with Gasteiger partial charge in [0.2, 0.25) is 6.17 Å². The van der Waals surface area contributed by atoms with Gasteiger partial charge in [0.05, 0.1) is 12.1 Å². The minimum Gasteiger partial charge on any atom is -0.390 e. The van der Waals surface area contributed by atoms with Crippen LogP contribution >= 0.6 is 0 Å². The van der Waals surface area contributed by atoms with E-state index in [0.29, 0.717) is 11.8 Å². The summed E-state index contributed by atoms with van der Waals surface area (Å²) in [4.78, 5) is 1.35. The van der Waals surface area contributed by atoms with Crippen LogP contribution in [0.3, 0.4) is 0 Å². The highest BCUT2D eigenvalue weighted by Gasteiger charge is 2.36. The summed E-state index contributed by atoms with van der Waals surface area (Å²) in [5.74, 6) is 1.08. The average molecular weight is 268 g/mol. The highest BCUT2D eigenvalue weighted by molar-refractivity contribution is 4.78. The Bertz CT molecular complexity index is 307. The van der Waals surface area contributed by atoms with Gasteiger partial charge in [-0.15, -0.1) is 10.2 Å². The van der Waals surface area contributed by atoms with Gasteiger partial charge in [-0.05, 0) is 38.7 Å². The fraction of sp³-hybridized carbons (Fsp3) is 0.867. The van der Waals surface area contributed by atoms with Crippen LogP contribution in [0, 0.1) is 11.8 Å². The van der Waals surface area contributed by atoms with E-state index < -0.39 is 5.60 Å². The van der Waals surface area contributed by atoms with Crippen molar-refractivity contribution in [1.29, 1.82) is 0 Å². The van der Waals surface area contributed by atoms with Crippen molar-refractivity contribution in [3.05, 3.63) is 12.7 Å². The largest absolute Gasteiger partial charge is 0.390 e. The number of quaternary nitrogens is 1. The molecule has 1 aliphatic rings. The van der Waals surface area contributed by atoms with Crippen molar-refractivity contribution in [2.24, 2.45) is 22.1 Å². The monoisotopic (exact) mass is 268 g/mol. The fourth-order valence-electron chi connectivity index (χ4n) is 2.75. The van der Waals surface area contributed by atoms with Crippen molar-refractivity contribution in [2.45, 2.75) is 58.7 Å². The first kappa shape index (κ1) is 16.3. The van der Waals surface area contributed by atoms with Crippen molar-refractivity contribution >= 4 is 0 Å². The second-order valence-corrected chi connectivity index (χ2v) is 6.76. The lowest BCUT2D eigenvalue weighted by Gasteiger charge is -2.30. The topological polar surface area (TPSA) is 49.4 Å². The third-order valence-corrected chi connectivity index (χ3v) is 3.63. The lowest BCUT2D eigenvalue weighted by atomic mass is 9.86. The Morgan fingerprint density at radius 2 is 2.11 bits per heavy atom. The lowest BCUT2D eigenvalue weighted by Crippen LogP contribution is -3.14. The summed E-state index contributed by atoms with van der Waals surface area (Å²) in [5.41, 5.74) is -0.640. The van der Waals surface area contributed by atoms with Gasteiger partial charge < -0.3 is 5.11 Å². The van der Waals surface area contributed by atoms with E-state index in [4.69, 9.17) is 0 Å². The van der Waals surface area contributed by atoms with Crippen LogP contribution in [0.25, 0.3) is 0 Å². The summed E-state index contributed by atoms with van der Waals surface area (Å²) >= 11 is 0. The normalized spacial score (nSPS) is 24.9. The van der Waals surface area contributed by atoms with Gasteiger partial charge in [0.25, 0.3) is 0 Å². The summed E-state index contributed by atoms with van der Waals surface area (Å²) < 4.78 is 0. The molecule has 0 aromatic rings. The third-order valence-electron chi connectivity index (χ3n) is 3.63. The number of nitrogens with one attached hydrogen (secondary N) is 1. The molecular formula is C15H30N3O+. The third kappa shape index (κ3) is 5.83. The predicted molar refractivity (Wildman–Crippen MR) is 78.0 cm³/mol. The first-order valence-electron chi connectivity index (χ1n) is 7.38. The summed E-state index contributed by atoms with van der Waals surface area (Å²) in [7, 11) is 0. The molecule has 110 valence electrons. The summed E-state index contributed by atoms with van der Waals surface area (Å²) in [6.07, 6.45) is 5.18. The van der Waals surface area contributed by atoms with Crippen molar-refractivity contribution in [1.82, 2.24) is 0 Å². The minimum atomic E-state index is -0.640. The van der Waals surface area contributed by atoms with Crippen molar-refractivity contribution in [3.8, 4) is 0 Å². The molecule has 0 bridgehead atoms. The van der Waals surface area contributed by atoms with E-state index in [1.54, 1.807) is 0 Å². The molecule has 0 aromatic heterocycles. The average Bonchev–Trinajstić information content (AvgIpc) is 2.71. The molecule has 19 heavy (non-hydrogen) atoms. The summed E-state index contributed by atoms with van der Waals surface area (Å²) in [6, 6.07) is 0. The molecule has 0 radical (unpaired) electrons. The molecular weight excluding hydrogens is 238 g/mol. The fourth-order valence-corrected chi connectivity index (χ4v) is 2.75. The predicted octanol–water partition coefficient (Wildman–Crippen LogP) is 2.02. The van der Waals surface area contributed by atoms with Gasteiger partial charge in [-0.2, -0.15) is 0 Å². The quantitative estimate of drug-likeness (QED) is 0.650. The summed E-state index contributed by atoms with van der Waals surface area (Å²) in [5, 5.41) is 18.8. The molecule has 0 spiro atoms. The van der Waals surface area contributed by atoms with E-state index in [-0.39, 0.29) is 6.17 Å². The molecule has 0 saturated heterocycles. The maximum Gasteiger partial charge on any atom is 0.205 e. The second-order valence-electron chi connectivity index (χ2n) is 6.76. The molecule has 0 aromatic carbocycles. The van der Waals surface area contributed by atoms with Crippen LogP contribution in [-0.2, 0) is 0 Å². The SMILES string of the molecule is C=CC[NH+]1CN=N[C@H]1[C@H](CCC(C)C)CC(C)(C)O. The number of hydrogen-bond acceptors (Lipinski definition) is 3.